The van der Waals surface area contributed by atoms with Gasteiger partial charge in [0.05, 0.1) is 7.11 Å². The molecule has 72 valence electrons. The maximum Gasteiger partial charge on any atom is 0.354 e. The predicted octanol–water partition coefficient (Wildman–Crippen LogP) is 0.831. The van der Waals surface area contributed by atoms with Gasteiger partial charge in [0.25, 0.3) is 0 Å². The highest BCUT2D eigenvalue weighted by molar-refractivity contribution is 5.87. The second kappa shape index (κ2) is 3.62. The van der Waals surface area contributed by atoms with Gasteiger partial charge in [0.1, 0.15) is 5.69 Å². The number of methoxy groups -OCH3 is 1. The van der Waals surface area contributed by atoms with Crippen molar-refractivity contribution in [2.45, 2.75) is 13.0 Å². The minimum absolute atomic E-state index is 0.0652. The molecule has 0 bridgehead atoms. The molecular formula is C9H14N2O2. The molecule has 1 heterocycles. The number of hydrogen-bond donors (Lipinski definition) is 1. The normalized spacial score (nSPS) is 12.6. The summed E-state index contributed by atoms with van der Waals surface area (Å²) in [4.78, 5) is 11.2. The number of nitrogens with two attached hydrogens (primary N) is 1. The third kappa shape index (κ3) is 1.89. The monoisotopic (exact) mass is 182 g/mol. The van der Waals surface area contributed by atoms with E-state index in [-0.39, 0.29) is 12.0 Å². The summed E-state index contributed by atoms with van der Waals surface area (Å²) in [5, 5.41) is 0. The van der Waals surface area contributed by atoms with E-state index in [4.69, 9.17) is 5.73 Å². The fourth-order valence-electron chi connectivity index (χ4n) is 1.15. The van der Waals surface area contributed by atoms with Crippen LogP contribution in [0.25, 0.3) is 0 Å². The van der Waals surface area contributed by atoms with Crippen LogP contribution in [0.4, 0.5) is 0 Å². The van der Waals surface area contributed by atoms with Crippen LogP contribution >= 0.6 is 0 Å². The summed E-state index contributed by atoms with van der Waals surface area (Å²) in [7, 11) is 3.15. The van der Waals surface area contributed by atoms with Crippen molar-refractivity contribution in [2.75, 3.05) is 7.11 Å². The molecule has 4 heteroatoms. The summed E-state index contributed by atoms with van der Waals surface area (Å²) < 4.78 is 6.32. The summed E-state index contributed by atoms with van der Waals surface area (Å²) in [6.45, 7) is 1.87. The molecule has 0 aliphatic carbocycles. The molecule has 0 saturated heterocycles. The average Bonchev–Trinajstić information content (AvgIpc) is 2.46. The molecule has 13 heavy (non-hydrogen) atoms. The number of carbonyl (C=O) groups is 1. The lowest BCUT2D eigenvalue weighted by molar-refractivity contribution is 0.0590. The molecule has 0 unspecified atom stereocenters. The molecule has 2 N–H and O–H groups in total. The SMILES string of the molecule is COC(=O)c1cc([C@H](C)N)cn1C. The lowest BCUT2D eigenvalue weighted by Crippen LogP contribution is -2.06. The van der Waals surface area contributed by atoms with E-state index in [1.807, 2.05) is 13.1 Å². The van der Waals surface area contributed by atoms with Crippen LogP contribution in [-0.2, 0) is 11.8 Å². The lowest BCUT2D eigenvalue weighted by Gasteiger charge is -1.98. The Hall–Kier alpha value is -1.29. The Morgan fingerprint density at radius 1 is 1.69 bits per heavy atom. The smallest absolute Gasteiger partial charge is 0.354 e. The van der Waals surface area contributed by atoms with Gasteiger partial charge in [-0.15, -0.1) is 0 Å². The van der Waals surface area contributed by atoms with Gasteiger partial charge in [-0.3, -0.25) is 0 Å². The maximum absolute atomic E-state index is 11.2. The first-order valence-corrected chi connectivity index (χ1v) is 4.06. The highest BCUT2D eigenvalue weighted by Gasteiger charge is 2.12. The number of esters is 1. The molecule has 0 amide bonds. The fraction of sp³-hybridized carbons (Fsp3) is 0.444. The molecule has 1 rings (SSSR count). The first kappa shape index (κ1) is 9.80. The molecule has 4 nitrogen and oxygen atoms in total. The highest BCUT2D eigenvalue weighted by atomic mass is 16.5. The van der Waals surface area contributed by atoms with Crippen LogP contribution in [-0.4, -0.2) is 17.6 Å². The van der Waals surface area contributed by atoms with Crippen molar-refractivity contribution < 1.29 is 9.53 Å². The Morgan fingerprint density at radius 3 is 2.69 bits per heavy atom. The van der Waals surface area contributed by atoms with E-state index in [1.54, 1.807) is 17.7 Å². The van der Waals surface area contributed by atoms with E-state index in [1.165, 1.54) is 7.11 Å². The minimum atomic E-state index is -0.339. The van der Waals surface area contributed by atoms with Gasteiger partial charge in [-0.1, -0.05) is 0 Å². The van der Waals surface area contributed by atoms with Gasteiger partial charge in [-0.05, 0) is 18.6 Å². The quantitative estimate of drug-likeness (QED) is 0.689. The molecule has 0 spiro atoms. The number of carbonyl (C=O) groups excluding carboxylic acids is 1. The molecule has 0 fully saturated rings. The molecule has 0 aliphatic heterocycles. The highest BCUT2D eigenvalue weighted by Crippen LogP contribution is 2.13. The summed E-state index contributed by atoms with van der Waals surface area (Å²) in [6.07, 6.45) is 1.83. The third-order valence-electron chi connectivity index (χ3n) is 1.95. The van der Waals surface area contributed by atoms with Crippen LogP contribution in [0.15, 0.2) is 12.3 Å². The molecule has 0 aliphatic rings. The van der Waals surface area contributed by atoms with Crippen molar-refractivity contribution in [1.29, 1.82) is 0 Å². The van der Waals surface area contributed by atoms with Crippen molar-refractivity contribution in [3.63, 3.8) is 0 Å². The van der Waals surface area contributed by atoms with E-state index in [2.05, 4.69) is 4.74 Å². The van der Waals surface area contributed by atoms with Gasteiger partial charge in [-0.25, -0.2) is 4.79 Å². The topological polar surface area (TPSA) is 57.2 Å². The Labute approximate surface area is 77.3 Å². The lowest BCUT2D eigenvalue weighted by atomic mass is 10.2. The average molecular weight is 182 g/mol. The van der Waals surface area contributed by atoms with Gasteiger partial charge >= 0.3 is 5.97 Å². The second-order valence-electron chi connectivity index (χ2n) is 3.05. The first-order valence-electron chi connectivity index (χ1n) is 4.06. The van der Waals surface area contributed by atoms with Crippen molar-refractivity contribution >= 4 is 5.97 Å². The Balaban J connectivity index is 3.03. The van der Waals surface area contributed by atoms with Crippen molar-refractivity contribution in [2.24, 2.45) is 12.8 Å². The largest absolute Gasteiger partial charge is 0.464 e. The number of nitrogens with zero attached hydrogens (tertiary/aromatic N) is 1. The van der Waals surface area contributed by atoms with Crippen LogP contribution in [0.1, 0.15) is 29.0 Å². The summed E-state index contributed by atoms with van der Waals surface area (Å²) >= 11 is 0. The number of hydrogen-bond acceptors (Lipinski definition) is 3. The Kier molecular flexibility index (Phi) is 2.72. The zero-order valence-electron chi connectivity index (χ0n) is 8.07. The van der Waals surface area contributed by atoms with E-state index in [9.17, 15) is 4.79 Å². The summed E-state index contributed by atoms with van der Waals surface area (Å²) in [6, 6.07) is 1.68. The predicted molar refractivity (Wildman–Crippen MR) is 49.4 cm³/mol. The van der Waals surface area contributed by atoms with Crippen molar-refractivity contribution in [3.05, 3.63) is 23.5 Å². The number of rotatable bonds is 2. The molecule has 1 aromatic heterocycles. The fourth-order valence-corrected chi connectivity index (χ4v) is 1.15. The molecular weight excluding hydrogens is 168 g/mol. The zero-order valence-corrected chi connectivity index (χ0v) is 8.07. The van der Waals surface area contributed by atoms with Crippen molar-refractivity contribution in [1.82, 2.24) is 4.57 Å². The third-order valence-corrected chi connectivity index (χ3v) is 1.95. The van der Waals surface area contributed by atoms with Gasteiger partial charge in [0.15, 0.2) is 0 Å². The zero-order chi connectivity index (χ0) is 10.0. The van der Waals surface area contributed by atoms with E-state index in [0.717, 1.165) is 5.56 Å². The van der Waals surface area contributed by atoms with Crippen LogP contribution in [0.3, 0.4) is 0 Å². The molecule has 0 aromatic carbocycles. The van der Waals surface area contributed by atoms with Crippen molar-refractivity contribution in [3.8, 4) is 0 Å². The Bertz CT molecular complexity index is 315. The van der Waals surface area contributed by atoms with Crippen LogP contribution in [0.5, 0.6) is 0 Å². The first-order chi connectivity index (χ1) is 6.06. The maximum atomic E-state index is 11.2. The standard InChI is InChI=1S/C9H14N2O2/c1-6(10)7-4-8(9(12)13-3)11(2)5-7/h4-6H,10H2,1-3H3/t6-/m0/s1. The van der Waals surface area contributed by atoms with Crippen LogP contribution in [0, 0.1) is 0 Å². The summed E-state index contributed by atoms with van der Waals surface area (Å²) in [5.41, 5.74) is 7.13. The number of aryl methyl sites for hydroxylation is 1. The van der Waals surface area contributed by atoms with Crippen LogP contribution in [0.2, 0.25) is 0 Å². The van der Waals surface area contributed by atoms with Gasteiger partial charge in [0.2, 0.25) is 0 Å². The van der Waals surface area contributed by atoms with E-state index < -0.39 is 0 Å². The van der Waals surface area contributed by atoms with Gasteiger partial charge in [0, 0.05) is 19.3 Å². The molecule has 0 radical (unpaired) electrons. The Morgan fingerprint density at radius 2 is 2.31 bits per heavy atom. The van der Waals surface area contributed by atoms with E-state index in [0.29, 0.717) is 5.69 Å². The molecule has 1 aromatic rings. The molecule has 1 atom stereocenters. The molecule has 0 saturated carbocycles. The second-order valence-corrected chi connectivity index (χ2v) is 3.05. The minimum Gasteiger partial charge on any atom is -0.464 e. The number of ether oxygens (including phenoxy) is 1. The van der Waals surface area contributed by atoms with Crippen LogP contribution < -0.4 is 5.73 Å². The number of aromatic nitrogens is 1. The van der Waals surface area contributed by atoms with Gasteiger partial charge < -0.3 is 15.0 Å². The van der Waals surface area contributed by atoms with E-state index >= 15 is 0 Å². The summed E-state index contributed by atoms with van der Waals surface area (Å²) in [5.74, 6) is -0.339. The van der Waals surface area contributed by atoms with Gasteiger partial charge in [-0.2, -0.15) is 0 Å².